The van der Waals surface area contributed by atoms with Crippen molar-refractivity contribution in [3.8, 4) is 0 Å². The Morgan fingerprint density at radius 2 is 1.88 bits per heavy atom. The largest absolute Gasteiger partial charge is 0.323 e. The summed E-state index contributed by atoms with van der Waals surface area (Å²) >= 11 is 0. The molecular formula is C14H23N3. The first-order chi connectivity index (χ1) is 8.25. The molecule has 17 heavy (non-hydrogen) atoms. The van der Waals surface area contributed by atoms with Crippen molar-refractivity contribution in [1.29, 1.82) is 0 Å². The van der Waals surface area contributed by atoms with Crippen molar-refractivity contribution in [1.82, 2.24) is 9.80 Å². The molecule has 1 aliphatic rings. The van der Waals surface area contributed by atoms with E-state index in [-0.39, 0.29) is 6.04 Å². The van der Waals surface area contributed by atoms with Crippen molar-refractivity contribution >= 4 is 0 Å². The molecule has 0 radical (unpaired) electrons. The summed E-state index contributed by atoms with van der Waals surface area (Å²) in [4.78, 5) is 4.88. The number of nitrogens with two attached hydrogens (primary N) is 1. The van der Waals surface area contributed by atoms with Crippen molar-refractivity contribution in [3.05, 3.63) is 35.9 Å². The number of rotatable bonds is 3. The van der Waals surface area contributed by atoms with E-state index in [4.69, 9.17) is 5.73 Å². The molecule has 1 heterocycles. The van der Waals surface area contributed by atoms with Gasteiger partial charge in [0, 0.05) is 25.7 Å². The Labute approximate surface area is 104 Å². The van der Waals surface area contributed by atoms with Gasteiger partial charge in [-0.15, -0.1) is 0 Å². The topological polar surface area (TPSA) is 32.5 Å². The second-order valence-corrected chi connectivity index (χ2v) is 4.97. The Morgan fingerprint density at radius 1 is 1.12 bits per heavy atom. The molecule has 1 aliphatic heterocycles. The monoisotopic (exact) mass is 233 g/mol. The van der Waals surface area contributed by atoms with E-state index in [1.807, 2.05) is 6.07 Å². The van der Waals surface area contributed by atoms with Crippen LogP contribution in [0.3, 0.4) is 0 Å². The molecule has 1 aromatic rings. The van der Waals surface area contributed by atoms with Crippen molar-refractivity contribution in [2.75, 3.05) is 39.8 Å². The van der Waals surface area contributed by atoms with Gasteiger partial charge in [0.2, 0.25) is 0 Å². The van der Waals surface area contributed by atoms with Gasteiger partial charge in [0.1, 0.15) is 0 Å². The summed E-state index contributed by atoms with van der Waals surface area (Å²) in [5.74, 6) is 0. The maximum Gasteiger partial charge on any atom is 0.0424 e. The van der Waals surface area contributed by atoms with E-state index in [0.29, 0.717) is 0 Å². The van der Waals surface area contributed by atoms with Gasteiger partial charge in [-0.25, -0.2) is 0 Å². The highest BCUT2D eigenvalue weighted by atomic mass is 15.2. The zero-order valence-corrected chi connectivity index (χ0v) is 10.7. The number of likely N-dealkylation sites (N-methyl/N-ethyl adjacent to an activating group) is 1. The summed E-state index contributed by atoms with van der Waals surface area (Å²) in [7, 11) is 2.20. The quantitative estimate of drug-likeness (QED) is 0.855. The minimum atomic E-state index is 0.139. The van der Waals surface area contributed by atoms with Crippen LogP contribution in [0.15, 0.2) is 30.3 Å². The van der Waals surface area contributed by atoms with Gasteiger partial charge in [-0.3, -0.25) is 0 Å². The van der Waals surface area contributed by atoms with Crippen LogP contribution in [0.5, 0.6) is 0 Å². The van der Waals surface area contributed by atoms with Crippen molar-refractivity contribution in [3.63, 3.8) is 0 Å². The van der Waals surface area contributed by atoms with E-state index in [9.17, 15) is 0 Å². The second-order valence-electron chi connectivity index (χ2n) is 4.97. The van der Waals surface area contributed by atoms with Crippen LogP contribution >= 0.6 is 0 Å². The first kappa shape index (κ1) is 12.6. The molecule has 3 heteroatoms. The molecule has 3 nitrogen and oxygen atoms in total. The van der Waals surface area contributed by atoms with Gasteiger partial charge in [0.25, 0.3) is 0 Å². The normalized spacial score (nSPS) is 21.1. The fraction of sp³-hybridized carbons (Fsp3) is 0.571. The lowest BCUT2D eigenvalue weighted by molar-refractivity contribution is 0.262. The molecule has 0 bridgehead atoms. The molecule has 0 amide bonds. The number of hydrogen-bond acceptors (Lipinski definition) is 3. The lowest BCUT2D eigenvalue weighted by atomic mass is 10.1. The molecule has 0 spiro atoms. The molecule has 0 unspecified atom stereocenters. The average Bonchev–Trinajstić information content (AvgIpc) is 2.56. The second kappa shape index (κ2) is 6.15. The fourth-order valence-electron chi connectivity index (χ4n) is 2.37. The minimum Gasteiger partial charge on any atom is -0.323 e. The molecule has 1 saturated heterocycles. The van der Waals surface area contributed by atoms with E-state index in [1.165, 1.54) is 25.1 Å². The maximum absolute atomic E-state index is 6.26. The van der Waals surface area contributed by atoms with Crippen molar-refractivity contribution < 1.29 is 0 Å². The maximum atomic E-state index is 6.26. The Hall–Kier alpha value is -0.900. The van der Waals surface area contributed by atoms with Gasteiger partial charge < -0.3 is 15.5 Å². The van der Waals surface area contributed by atoms with Crippen molar-refractivity contribution in [2.45, 2.75) is 12.5 Å². The van der Waals surface area contributed by atoms with Crippen LogP contribution in [0.2, 0.25) is 0 Å². The first-order valence-electron chi connectivity index (χ1n) is 6.47. The van der Waals surface area contributed by atoms with Crippen LogP contribution in [0.1, 0.15) is 18.0 Å². The van der Waals surface area contributed by atoms with Crippen LogP contribution in [-0.4, -0.2) is 49.6 Å². The highest BCUT2D eigenvalue weighted by Crippen LogP contribution is 2.12. The standard InChI is InChI=1S/C14H23N3/c1-16-8-5-9-17(11-10-16)12-14(15)13-6-3-2-4-7-13/h2-4,6-7,14H,5,8-12,15H2,1H3/t14-/m1/s1. The molecule has 0 aliphatic carbocycles. The van der Waals surface area contributed by atoms with Gasteiger partial charge in [-0.05, 0) is 32.1 Å². The molecule has 1 atom stereocenters. The van der Waals surface area contributed by atoms with Crippen LogP contribution in [0, 0.1) is 0 Å². The van der Waals surface area contributed by atoms with E-state index in [0.717, 1.165) is 19.6 Å². The van der Waals surface area contributed by atoms with Gasteiger partial charge in [0.05, 0.1) is 0 Å². The number of nitrogens with zero attached hydrogens (tertiary/aromatic N) is 2. The van der Waals surface area contributed by atoms with Gasteiger partial charge in [-0.2, -0.15) is 0 Å². The van der Waals surface area contributed by atoms with Gasteiger partial charge in [-0.1, -0.05) is 30.3 Å². The van der Waals surface area contributed by atoms with Crippen molar-refractivity contribution in [2.24, 2.45) is 5.73 Å². The van der Waals surface area contributed by atoms with Crippen LogP contribution < -0.4 is 5.73 Å². The lowest BCUT2D eigenvalue weighted by Crippen LogP contribution is -2.35. The summed E-state index contributed by atoms with van der Waals surface area (Å²) < 4.78 is 0. The molecule has 1 fully saturated rings. The smallest absolute Gasteiger partial charge is 0.0424 e. The third-order valence-electron chi connectivity index (χ3n) is 3.49. The van der Waals surface area contributed by atoms with E-state index < -0.39 is 0 Å². The molecule has 1 aromatic carbocycles. The summed E-state index contributed by atoms with van der Waals surface area (Å²) in [6.45, 7) is 5.64. The Morgan fingerprint density at radius 3 is 2.65 bits per heavy atom. The predicted molar refractivity (Wildman–Crippen MR) is 71.9 cm³/mol. The molecule has 0 aromatic heterocycles. The third-order valence-corrected chi connectivity index (χ3v) is 3.49. The molecular weight excluding hydrogens is 210 g/mol. The summed E-state index contributed by atoms with van der Waals surface area (Å²) in [6, 6.07) is 10.5. The predicted octanol–water partition coefficient (Wildman–Crippen LogP) is 1.32. The van der Waals surface area contributed by atoms with Gasteiger partial charge >= 0.3 is 0 Å². The molecule has 2 N–H and O–H groups in total. The van der Waals surface area contributed by atoms with Gasteiger partial charge in [0.15, 0.2) is 0 Å². The number of benzene rings is 1. The van der Waals surface area contributed by atoms with Crippen LogP contribution in [0.25, 0.3) is 0 Å². The van der Waals surface area contributed by atoms with Crippen LogP contribution in [0.4, 0.5) is 0 Å². The molecule has 2 rings (SSSR count). The first-order valence-corrected chi connectivity index (χ1v) is 6.47. The fourth-order valence-corrected chi connectivity index (χ4v) is 2.37. The zero-order valence-electron chi connectivity index (χ0n) is 10.7. The highest BCUT2D eigenvalue weighted by molar-refractivity contribution is 5.18. The summed E-state index contributed by atoms with van der Waals surface area (Å²) in [6.07, 6.45) is 1.25. The Bertz CT molecular complexity index is 325. The van der Waals surface area contributed by atoms with E-state index in [2.05, 4.69) is 41.1 Å². The number of hydrogen-bond donors (Lipinski definition) is 1. The minimum absolute atomic E-state index is 0.139. The average molecular weight is 233 g/mol. The van der Waals surface area contributed by atoms with E-state index >= 15 is 0 Å². The summed E-state index contributed by atoms with van der Waals surface area (Å²) in [5.41, 5.74) is 7.50. The SMILES string of the molecule is CN1CCCN(C[C@@H](N)c2ccccc2)CC1. The Kier molecular flexibility index (Phi) is 4.54. The lowest BCUT2D eigenvalue weighted by Gasteiger charge is -2.24. The zero-order chi connectivity index (χ0) is 12.1. The third kappa shape index (κ3) is 3.80. The van der Waals surface area contributed by atoms with Crippen LogP contribution in [-0.2, 0) is 0 Å². The Balaban J connectivity index is 1.88. The molecule has 0 saturated carbocycles. The highest BCUT2D eigenvalue weighted by Gasteiger charge is 2.15. The van der Waals surface area contributed by atoms with E-state index in [1.54, 1.807) is 0 Å². The summed E-state index contributed by atoms with van der Waals surface area (Å²) in [5, 5.41) is 0. The molecule has 94 valence electrons.